The monoisotopic (exact) mass is 533 g/mol. The van der Waals surface area contributed by atoms with E-state index in [4.69, 9.17) is 9.84 Å². The third kappa shape index (κ3) is 22.7. The lowest BCUT2D eigenvalue weighted by Crippen LogP contribution is -2.16. The van der Waals surface area contributed by atoms with Gasteiger partial charge < -0.3 is 14.7 Å². The van der Waals surface area contributed by atoms with E-state index in [1.807, 2.05) is 0 Å². The molecule has 0 aromatic carbocycles. The molecule has 1 fully saturated rings. The van der Waals surface area contributed by atoms with Gasteiger partial charge in [-0.1, -0.05) is 108 Å². The Labute approximate surface area is 236 Å². The van der Waals surface area contributed by atoms with Gasteiger partial charge in [0.1, 0.15) is 6.10 Å². The van der Waals surface area contributed by atoms with E-state index in [0.29, 0.717) is 0 Å². The molecule has 1 saturated heterocycles. The SMILES string of the molecule is CCCCCC=CCC=CCCCCCCCC(CCCCCCCCCCC1CCN(C)C1)OC(=O)O. The molecular weight excluding hydrogens is 470 g/mol. The number of carbonyl (C=O) groups is 1. The van der Waals surface area contributed by atoms with E-state index in [1.165, 1.54) is 129 Å². The van der Waals surface area contributed by atoms with Crippen molar-refractivity contribution in [3.8, 4) is 0 Å². The zero-order valence-electron chi connectivity index (χ0n) is 25.4. The summed E-state index contributed by atoms with van der Waals surface area (Å²) < 4.78 is 5.19. The molecule has 0 radical (unpaired) electrons. The fourth-order valence-corrected chi connectivity index (χ4v) is 5.72. The van der Waals surface area contributed by atoms with Crippen LogP contribution in [0.25, 0.3) is 0 Å². The van der Waals surface area contributed by atoms with Gasteiger partial charge >= 0.3 is 6.16 Å². The quantitative estimate of drug-likeness (QED) is 0.0682. The fourth-order valence-electron chi connectivity index (χ4n) is 5.72. The molecule has 0 aromatic rings. The molecule has 4 heteroatoms. The first-order chi connectivity index (χ1) is 18.6. The van der Waals surface area contributed by atoms with Crippen molar-refractivity contribution < 1.29 is 14.6 Å². The lowest BCUT2D eigenvalue weighted by Gasteiger charge is -2.16. The summed E-state index contributed by atoms with van der Waals surface area (Å²) in [5.74, 6) is 0.950. The van der Waals surface area contributed by atoms with Gasteiger partial charge in [0.15, 0.2) is 0 Å². The molecule has 0 spiro atoms. The Balaban J connectivity index is 1.92. The summed E-state index contributed by atoms with van der Waals surface area (Å²) in [6, 6.07) is 0. The maximum atomic E-state index is 11.1. The van der Waals surface area contributed by atoms with Gasteiger partial charge in [0.2, 0.25) is 0 Å². The fraction of sp³-hybridized carbons (Fsp3) is 0.853. The van der Waals surface area contributed by atoms with Gasteiger partial charge in [0.25, 0.3) is 0 Å². The minimum absolute atomic E-state index is 0.111. The van der Waals surface area contributed by atoms with Crippen LogP contribution in [0.5, 0.6) is 0 Å². The standard InChI is InChI=1S/C34H63NO3/c1-3-4-5-6-7-8-9-10-11-12-13-14-18-21-24-27-33(38-34(36)37)28-25-22-19-16-15-17-20-23-26-32-29-30-35(2)31-32/h7-8,10-11,32-33H,3-6,9,12-31H2,1-2H3,(H,36,37). The van der Waals surface area contributed by atoms with Crippen LogP contribution in [0.2, 0.25) is 0 Å². The van der Waals surface area contributed by atoms with E-state index >= 15 is 0 Å². The number of hydrogen-bond acceptors (Lipinski definition) is 3. The molecule has 0 saturated carbocycles. The topological polar surface area (TPSA) is 49.8 Å². The number of rotatable bonds is 26. The van der Waals surface area contributed by atoms with Crippen molar-refractivity contribution in [3.63, 3.8) is 0 Å². The summed E-state index contributed by atoms with van der Waals surface area (Å²) in [7, 11) is 2.24. The van der Waals surface area contributed by atoms with Crippen LogP contribution in [-0.2, 0) is 4.74 Å². The third-order valence-corrected chi connectivity index (χ3v) is 8.12. The van der Waals surface area contributed by atoms with E-state index in [1.54, 1.807) is 0 Å². The molecule has 0 aliphatic carbocycles. The molecule has 0 bridgehead atoms. The van der Waals surface area contributed by atoms with Crippen molar-refractivity contribution in [3.05, 3.63) is 24.3 Å². The molecule has 2 atom stereocenters. The summed E-state index contributed by atoms with van der Waals surface area (Å²) in [6.45, 7) is 4.85. The van der Waals surface area contributed by atoms with Crippen LogP contribution in [0.1, 0.15) is 155 Å². The molecule has 2 unspecified atom stereocenters. The summed E-state index contributed by atoms with van der Waals surface area (Å²) in [6.07, 6.45) is 36.4. The minimum atomic E-state index is -1.11. The van der Waals surface area contributed by atoms with Gasteiger partial charge in [-0.3, -0.25) is 0 Å². The molecular formula is C34H63NO3. The molecule has 1 N–H and O–H groups in total. The Kier molecular flexibility index (Phi) is 23.7. The van der Waals surface area contributed by atoms with Crippen LogP contribution in [0.4, 0.5) is 4.79 Å². The molecule has 1 aliphatic rings. The number of nitrogens with zero attached hydrogens (tertiary/aromatic N) is 1. The molecule has 0 amide bonds. The summed E-state index contributed by atoms with van der Waals surface area (Å²) in [5.41, 5.74) is 0. The average molecular weight is 534 g/mol. The van der Waals surface area contributed by atoms with E-state index in [2.05, 4.69) is 43.2 Å². The summed E-state index contributed by atoms with van der Waals surface area (Å²) in [4.78, 5) is 13.6. The maximum absolute atomic E-state index is 11.1. The van der Waals surface area contributed by atoms with Gasteiger partial charge in [-0.15, -0.1) is 0 Å². The number of carboxylic acid groups (broad SMARTS) is 1. The molecule has 4 nitrogen and oxygen atoms in total. The third-order valence-electron chi connectivity index (χ3n) is 8.12. The normalized spacial score (nSPS) is 17.2. The Morgan fingerprint density at radius 1 is 0.789 bits per heavy atom. The highest BCUT2D eigenvalue weighted by atomic mass is 16.7. The van der Waals surface area contributed by atoms with Gasteiger partial charge in [-0.05, 0) is 90.1 Å². The van der Waals surface area contributed by atoms with Crippen molar-refractivity contribution in [2.24, 2.45) is 5.92 Å². The zero-order chi connectivity index (χ0) is 27.5. The molecule has 0 aromatic heterocycles. The van der Waals surface area contributed by atoms with Crippen molar-refractivity contribution in [1.82, 2.24) is 4.90 Å². The molecule has 1 rings (SSSR count). The second kappa shape index (κ2) is 26.0. The van der Waals surface area contributed by atoms with Gasteiger partial charge in [-0.2, -0.15) is 0 Å². The van der Waals surface area contributed by atoms with Crippen LogP contribution in [0.3, 0.4) is 0 Å². The molecule has 1 heterocycles. The second-order valence-corrected chi connectivity index (χ2v) is 11.8. The number of allylic oxidation sites excluding steroid dienone is 4. The van der Waals surface area contributed by atoms with Gasteiger partial charge in [-0.25, -0.2) is 4.79 Å². The van der Waals surface area contributed by atoms with Gasteiger partial charge in [0.05, 0.1) is 0 Å². The highest BCUT2D eigenvalue weighted by molar-refractivity contribution is 5.57. The second-order valence-electron chi connectivity index (χ2n) is 11.8. The van der Waals surface area contributed by atoms with Crippen molar-refractivity contribution in [1.29, 1.82) is 0 Å². The van der Waals surface area contributed by atoms with Crippen LogP contribution in [0, 0.1) is 5.92 Å². The smallest absolute Gasteiger partial charge is 0.450 e. The van der Waals surface area contributed by atoms with Crippen molar-refractivity contribution in [2.75, 3.05) is 20.1 Å². The van der Waals surface area contributed by atoms with Crippen molar-refractivity contribution >= 4 is 6.16 Å². The highest BCUT2D eigenvalue weighted by Crippen LogP contribution is 2.22. The van der Waals surface area contributed by atoms with E-state index < -0.39 is 6.16 Å². The Hall–Kier alpha value is -1.29. The first-order valence-corrected chi connectivity index (χ1v) is 16.5. The average Bonchev–Trinajstić information content (AvgIpc) is 3.31. The Bertz CT molecular complexity index is 588. The molecule has 1 aliphatic heterocycles. The predicted molar refractivity (Wildman–Crippen MR) is 164 cm³/mol. The lowest BCUT2D eigenvalue weighted by molar-refractivity contribution is 0.0422. The van der Waals surface area contributed by atoms with Crippen LogP contribution >= 0.6 is 0 Å². The first-order valence-electron chi connectivity index (χ1n) is 16.5. The number of unbranched alkanes of at least 4 members (excludes halogenated alkanes) is 15. The largest absolute Gasteiger partial charge is 0.506 e. The van der Waals surface area contributed by atoms with Crippen LogP contribution < -0.4 is 0 Å². The number of hydrogen-bond donors (Lipinski definition) is 1. The summed E-state index contributed by atoms with van der Waals surface area (Å²) >= 11 is 0. The van der Waals surface area contributed by atoms with E-state index in [9.17, 15) is 4.79 Å². The molecule has 222 valence electrons. The van der Waals surface area contributed by atoms with Crippen molar-refractivity contribution in [2.45, 2.75) is 161 Å². The van der Waals surface area contributed by atoms with Crippen LogP contribution in [-0.4, -0.2) is 42.4 Å². The summed E-state index contributed by atoms with van der Waals surface area (Å²) in [5, 5.41) is 9.10. The zero-order valence-corrected chi connectivity index (χ0v) is 25.4. The number of ether oxygens (including phenoxy) is 1. The van der Waals surface area contributed by atoms with Gasteiger partial charge in [0, 0.05) is 6.54 Å². The lowest BCUT2D eigenvalue weighted by atomic mass is 9.99. The Morgan fingerprint density at radius 2 is 1.32 bits per heavy atom. The number of likely N-dealkylation sites (tertiary alicyclic amines) is 1. The van der Waals surface area contributed by atoms with E-state index in [-0.39, 0.29) is 6.10 Å². The van der Waals surface area contributed by atoms with E-state index in [0.717, 1.165) is 38.0 Å². The Morgan fingerprint density at radius 3 is 1.84 bits per heavy atom. The first kappa shape index (κ1) is 34.7. The molecule has 38 heavy (non-hydrogen) atoms. The van der Waals surface area contributed by atoms with Crippen LogP contribution in [0.15, 0.2) is 24.3 Å². The highest BCUT2D eigenvalue weighted by Gasteiger charge is 2.18. The predicted octanol–water partition coefficient (Wildman–Crippen LogP) is 10.7. The minimum Gasteiger partial charge on any atom is -0.450 e. The maximum Gasteiger partial charge on any atom is 0.506 e.